The third-order valence-electron chi connectivity index (χ3n) is 6.07. The van der Waals surface area contributed by atoms with Crippen molar-refractivity contribution in [2.24, 2.45) is 11.3 Å². The number of rotatable bonds is 2. The number of ether oxygens (including phenoxy) is 2. The van der Waals surface area contributed by atoms with E-state index in [1.165, 1.54) is 0 Å². The first-order chi connectivity index (χ1) is 12.7. The molecule has 6 heteroatoms. The summed E-state index contributed by atoms with van der Waals surface area (Å²) in [6, 6.07) is 9.35. The zero-order chi connectivity index (χ0) is 18.0. The Morgan fingerprint density at radius 3 is 2.27 bits per heavy atom. The monoisotopic (exact) mass is 358 g/mol. The number of nitrogens with zero attached hydrogens (tertiary/aromatic N) is 2. The van der Waals surface area contributed by atoms with Gasteiger partial charge in [-0.05, 0) is 25.0 Å². The molecular formula is C20H26N2O4. The molecule has 1 spiro atoms. The molecule has 0 radical (unpaired) electrons. The molecular weight excluding hydrogens is 332 g/mol. The fourth-order valence-corrected chi connectivity index (χ4v) is 4.52. The maximum Gasteiger partial charge on any atom is 0.253 e. The van der Waals surface area contributed by atoms with Gasteiger partial charge in [0.25, 0.3) is 5.91 Å². The Balaban J connectivity index is 1.57. The molecule has 1 aromatic carbocycles. The van der Waals surface area contributed by atoms with E-state index >= 15 is 0 Å². The van der Waals surface area contributed by atoms with Crippen LogP contribution in [0.3, 0.4) is 0 Å². The summed E-state index contributed by atoms with van der Waals surface area (Å²) in [5.41, 5.74) is 0.534. The van der Waals surface area contributed by atoms with Crippen LogP contribution >= 0.6 is 0 Å². The SMILES string of the molecule is O=C(c1ccccc1)N1C[C@@H](C(=O)N2CCOCC2)C2(CCOCC2)C1. The minimum absolute atomic E-state index is 0.0220. The van der Waals surface area contributed by atoms with Gasteiger partial charge in [-0.1, -0.05) is 18.2 Å². The van der Waals surface area contributed by atoms with Crippen molar-refractivity contribution >= 4 is 11.8 Å². The molecule has 3 fully saturated rings. The molecule has 3 saturated heterocycles. The molecule has 0 aromatic heterocycles. The Kier molecular flexibility index (Phi) is 4.96. The number of benzene rings is 1. The quantitative estimate of drug-likeness (QED) is 0.802. The number of carbonyl (C=O) groups is 2. The number of hydrogen-bond donors (Lipinski definition) is 0. The Morgan fingerprint density at radius 2 is 1.58 bits per heavy atom. The third kappa shape index (κ3) is 3.23. The van der Waals surface area contributed by atoms with E-state index in [1.54, 1.807) is 0 Å². The number of carbonyl (C=O) groups excluding carboxylic acids is 2. The maximum atomic E-state index is 13.3. The summed E-state index contributed by atoms with van der Waals surface area (Å²) < 4.78 is 11.0. The maximum absolute atomic E-state index is 13.3. The van der Waals surface area contributed by atoms with Crippen LogP contribution in [0.1, 0.15) is 23.2 Å². The van der Waals surface area contributed by atoms with E-state index in [0.29, 0.717) is 58.2 Å². The largest absolute Gasteiger partial charge is 0.381 e. The fourth-order valence-electron chi connectivity index (χ4n) is 4.52. The first kappa shape index (κ1) is 17.5. The molecule has 0 saturated carbocycles. The van der Waals surface area contributed by atoms with Gasteiger partial charge in [-0.25, -0.2) is 0 Å². The highest BCUT2D eigenvalue weighted by atomic mass is 16.5. The van der Waals surface area contributed by atoms with Crippen molar-refractivity contribution in [2.45, 2.75) is 12.8 Å². The van der Waals surface area contributed by atoms with Crippen LogP contribution in [-0.4, -0.2) is 74.2 Å². The van der Waals surface area contributed by atoms with Gasteiger partial charge in [0.15, 0.2) is 0 Å². The molecule has 26 heavy (non-hydrogen) atoms. The molecule has 1 aromatic rings. The van der Waals surface area contributed by atoms with Crippen molar-refractivity contribution in [3.05, 3.63) is 35.9 Å². The highest BCUT2D eigenvalue weighted by Crippen LogP contribution is 2.45. The summed E-state index contributed by atoms with van der Waals surface area (Å²) in [7, 11) is 0. The Hall–Kier alpha value is -1.92. The first-order valence-corrected chi connectivity index (χ1v) is 9.48. The van der Waals surface area contributed by atoms with E-state index in [9.17, 15) is 9.59 Å². The second-order valence-electron chi connectivity index (χ2n) is 7.52. The van der Waals surface area contributed by atoms with Gasteiger partial charge in [0, 0.05) is 50.4 Å². The summed E-state index contributed by atoms with van der Waals surface area (Å²) in [6.07, 6.45) is 1.68. The van der Waals surface area contributed by atoms with Crippen LogP contribution < -0.4 is 0 Å². The molecule has 4 rings (SSSR count). The van der Waals surface area contributed by atoms with Crippen molar-refractivity contribution in [2.75, 3.05) is 52.6 Å². The lowest BCUT2D eigenvalue weighted by Crippen LogP contribution is -2.49. The van der Waals surface area contributed by atoms with Crippen LogP contribution in [0.4, 0.5) is 0 Å². The van der Waals surface area contributed by atoms with Crippen molar-refractivity contribution < 1.29 is 19.1 Å². The first-order valence-electron chi connectivity index (χ1n) is 9.48. The highest BCUT2D eigenvalue weighted by molar-refractivity contribution is 5.95. The summed E-state index contributed by atoms with van der Waals surface area (Å²) in [6.45, 7) is 4.97. The van der Waals surface area contributed by atoms with Crippen LogP contribution in [0.5, 0.6) is 0 Å². The minimum Gasteiger partial charge on any atom is -0.381 e. The van der Waals surface area contributed by atoms with Crippen molar-refractivity contribution in [1.82, 2.24) is 9.80 Å². The molecule has 6 nitrogen and oxygen atoms in total. The predicted molar refractivity (Wildman–Crippen MR) is 95.7 cm³/mol. The van der Waals surface area contributed by atoms with Gasteiger partial charge in [-0.2, -0.15) is 0 Å². The third-order valence-corrected chi connectivity index (χ3v) is 6.07. The zero-order valence-corrected chi connectivity index (χ0v) is 15.1. The van der Waals surface area contributed by atoms with Crippen molar-refractivity contribution in [3.8, 4) is 0 Å². The topological polar surface area (TPSA) is 59.1 Å². The molecule has 0 N–H and O–H groups in total. The lowest BCUT2D eigenvalue weighted by Gasteiger charge is -2.39. The van der Waals surface area contributed by atoms with E-state index in [1.807, 2.05) is 40.1 Å². The molecule has 2 amide bonds. The summed E-state index contributed by atoms with van der Waals surface area (Å²) >= 11 is 0. The summed E-state index contributed by atoms with van der Waals surface area (Å²) in [4.78, 5) is 30.0. The number of morpholine rings is 1. The van der Waals surface area contributed by atoms with E-state index in [0.717, 1.165) is 12.8 Å². The summed E-state index contributed by atoms with van der Waals surface area (Å²) in [5.74, 6) is 0.0597. The normalized spacial score (nSPS) is 25.5. The van der Waals surface area contributed by atoms with Gasteiger partial charge in [0.1, 0.15) is 0 Å². The average molecular weight is 358 g/mol. The molecule has 3 heterocycles. The van der Waals surface area contributed by atoms with E-state index in [4.69, 9.17) is 9.47 Å². The zero-order valence-electron chi connectivity index (χ0n) is 15.1. The van der Waals surface area contributed by atoms with Crippen LogP contribution in [0.15, 0.2) is 30.3 Å². The van der Waals surface area contributed by atoms with Crippen molar-refractivity contribution in [3.63, 3.8) is 0 Å². The van der Waals surface area contributed by atoms with Crippen LogP contribution in [0.25, 0.3) is 0 Å². The Morgan fingerprint density at radius 1 is 0.923 bits per heavy atom. The van der Waals surface area contributed by atoms with Gasteiger partial charge >= 0.3 is 0 Å². The smallest absolute Gasteiger partial charge is 0.253 e. The van der Waals surface area contributed by atoms with E-state index in [-0.39, 0.29) is 23.1 Å². The molecule has 3 aliphatic heterocycles. The lowest BCUT2D eigenvalue weighted by molar-refractivity contribution is -0.144. The molecule has 0 aliphatic carbocycles. The van der Waals surface area contributed by atoms with E-state index in [2.05, 4.69) is 0 Å². The standard InChI is InChI=1S/C20H26N2O4/c23-18(16-4-2-1-3-5-16)22-14-17(19(24)21-8-12-26-13-9-21)20(15-22)6-10-25-11-7-20/h1-5,17H,6-15H2/t17-/m0/s1. The Labute approximate surface area is 154 Å². The minimum atomic E-state index is -0.155. The van der Waals surface area contributed by atoms with Crippen LogP contribution in [-0.2, 0) is 14.3 Å². The van der Waals surface area contributed by atoms with Gasteiger partial charge in [-0.15, -0.1) is 0 Å². The molecule has 3 aliphatic rings. The van der Waals surface area contributed by atoms with Crippen LogP contribution in [0.2, 0.25) is 0 Å². The molecule has 0 unspecified atom stereocenters. The van der Waals surface area contributed by atoms with Gasteiger partial charge in [0.05, 0.1) is 19.1 Å². The Bertz CT molecular complexity index is 651. The number of likely N-dealkylation sites (tertiary alicyclic amines) is 1. The van der Waals surface area contributed by atoms with Crippen LogP contribution in [0, 0.1) is 11.3 Å². The number of amides is 2. The molecule has 0 bridgehead atoms. The highest BCUT2D eigenvalue weighted by Gasteiger charge is 2.52. The molecule has 140 valence electrons. The number of hydrogen-bond acceptors (Lipinski definition) is 4. The van der Waals surface area contributed by atoms with Gasteiger partial charge < -0.3 is 19.3 Å². The van der Waals surface area contributed by atoms with E-state index < -0.39 is 0 Å². The van der Waals surface area contributed by atoms with Crippen molar-refractivity contribution in [1.29, 1.82) is 0 Å². The summed E-state index contributed by atoms with van der Waals surface area (Å²) in [5, 5.41) is 0. The lowest BCUT2D eigenvalue weighted by atomic mass is 9.71. The van der Waals surface area contributed by atoms with Gasteiger partial charge in [-0.3, -0.25) is 9.59 Å². The molecule has 1 atom stereocenters. The second-order valence-corrected chi connectivity index (χ2v) is 7.52. The second kappa shape index (κ2) is 7.37. The van der Waals surface area contributed by atoms with Gasteiger partial charge in [0.2, 0.25) is 5.91 Å². The predicted octanol–water partition coefficient (Wildman–Crippen LogP) is 1.41. The fraction of sp³-hybridized carbons (Fsp3) is 0.600. The average Bonchev–Trinajstić information content (AvgIpc) is 3.07.